The van der Waals surface area contributed by atoms with Crippen LogP contribution in [0.5, 0.6) is 0 Å². The van der Waals surface area contributed by atoms with Crippen molar-refractivity contribution in [2.24, 2.45) is 11.7 Å². The highest BCUT2D eigenvalue weighted by Crippen LogP contribution is 2.37. The summed E-state index contributed by atoms with van der Waals surface area (Å²) in [6.07, 6.45) is 6.71. The minimum absolute atomic E-state index is 0.0306. The van der Waals surface area contributed by atoms with Crippen LogP contribution >= 0.6 is 0 Å². The van der Waals surface area contributed by atoms with Gasteiger partial charge in [0.1, 0.15) is 11.2 Å². The molecule has 10 nitrogen and oxygen atoms in total. The predicted octanol–water partition coefficient (Wildman–Crippen LogP) is 3.65. The molecule has 2 fully saturated rings. The third-order valence-corrected chi connectivity index (χ3v) is 7.28. The van der Waals surface area contributed by atoms with Gasteiger partial charge in [-0.25, -0.2) is 18.7 Å². The number of anilines is 3. The first-order chi connectivity index (χ1) is 17.8. The van der Waals surface area contributed by atoms with E-state index in [1.807, 2.05) is 0 Å². The summed E-state index contributed by atoms with van der Waals surface area (Å²) in [7, 11) is 0. The Kier molecular flexibility index (Phi) is 6.88. The van der Waals surface area contributed by atoms with Crippen LogP contribution in [0.4, 0.5) is 26.4 Å². The van der Waals surface area contributed by atoms with Crippen LogP contribution in [0.1, 0.15) is 63.0 Å². The predicted molar refractivity (Wildman–Crippen MR) is 132 cm³/mol. The van der Waals surface area contributed by atoms with Gasteiger partial charge < -0.3 is 21.5 Å². The maximum atomic E-state index is 14.7. The van der Waals surface area contributed by atoms with Crippen LogP contribution in [0.15, 0.2) is 18.3 Å². The zero-order valence-electron chi connectivity index (χ0n) is 20.1. The molecule has 5 rings (SSSR count). The van der Waals surface area contributed by atoms with Gasteiger partial charge in [-0.05, 0) is 63.5 Å². The number of fused-ring (bicyclic) bond motifs is 1. The van der Waals surface area contributed by atoms with E-state index in [1.54, 1.807) is 16.8 Å². The van der Waals surface area contributed by atoms with Crippen molar-refractivity contribution >= 4 is 34.7 Å². The smallest absolute Gasteiger partial charge is 0.224 e. The average molecular weight is 511 g/mol. The van der Waals surface area contributed by atoms with E-state index in [9.17, 15) is 18.7 Å². The SMILES string of the molecule is N#Cc1cc(F)c(Nc2nc3cnc(N[C@@H]4CCC[C@H](O)C4)nc3n2C2CCC(C(N)=O)CC2)c(F)c1. The molecule has 0 bridgehead atoms. The summed E-state index contributed by atoms with van der Waals surface area (Å²) in [5.41, 5.74) is 5.86. The van der Waals surface area contributed by atoms with Crippen molar-refractivity contribution in [3.8, 4) is 6.07 Å². The molecule has 3 aromatic rings. The van der Waals surface area contributed by atoms with Gasteiger partial charge in [0.2, 0.25) is 17.8 Å². The maximum Gasteiger partial charge on any atom is 0.224 e. The first-order valence-electron chi connectivity index (χ1n) is 12.5. The Labute approximate surface area is 211 Å². The Balaban J connectivity index is 1.52. The zero-order chi connectivity index (χ0) is 26.1. The van der Waals surface area contributed by atoms with Gasteiger partial charge in [0.25, 0.3) is 0 Å². The van der Waals surface area contributed by atoms with Gasteiger partial charge in [0.15, 0.2) is 17.3 Å². The number of hydrogen-bond donors (Lipinski definition) is 4. The number of carbonyl (C=O) groups is 1. The number of hydrogen-bond acceptors (Lipinski definition) is 8. The fourth-order valence-corrected chi connectivity index (χ4v) is 5.36. The molecular formula is C25H28F2N8O2. The molecule has 2 atom stereocenters. The Hall–Kier alpha value is -3.85. The fraction of sp³-hybridized carbons (Fsp3) is 0.480. The number of aromatic nitrogens is 4. The number of nitrogens with two attached hydrogens (primary N) is 1. The van der Waals surface area contributed by atoms with E-state index in [0.717, 1.165) is 31.4 Å². The molecule has 12 heteroatoms. The Bertz CT molecular complexity index is 1340. The van der Waals surface area contributed by atoms with Gasteiger partial charge in [0.05, 0.1) is 23.9 Å². The molecule has 2 saturated carbocycles. The monoisotopic (exact) mass is 510 g/mol. The van der Waals surface area contributed by atoms with Crippen LogP contribution in [-0.2, 0) is 4.79 Å². The standard InChI is InChI=1S/C25H28F2N8O2/c26-18-8-13(11-28)9-19(27)21(18)33-25-32-20-12-30-24(31-15-2-1-3-17(36)10-15)34-23(20)35(25)16-6-4-14(5-7-16)22(29)37/h8-9,12,14-17,36H,1-7,10H2,(H2,29,37)(H,32,33)(H,30,31,34)/t14?,15-,16?,17+/m1/s1. The Morgan fingerprint density at radius 3 is 2.51 bits per heavy atom. The molecule has 37 heavy (non-hydrogen) atoms. The van der Waals surface area contributed by atoms with E-state index in [1.165, 1.54) is 0 Å². The van der Waals surface area contributed by atoms with Crippen molar-refractivity contribution in [2.75, 3.05) is 10.6 Å². The van der Waals surface area contributed by atoms with E-state index in [0.29, 0.717) is 49.2 Å². The molecule has 2 aliphatic carbocycles. The molecule has 0 aliphatic heterocycles. The van der Waals surface area contributed by atoms with Crippen molar-refractivity contribution in [1.82, 2.24) is 19.5 Å². The molecular weight excluding hydrogens is 482 g/mol. The second-order valence-electron chi connectivity index (χ2n) is 9.83. The molecule has 1 aromatic carbocycles. The number of amides is 1. The highest BCUT2D eigenvalue weighted by atomic mass is 19.1. The maximum absolute atomic E-state index is 14.7. The lowest BCUT2D eigenvalue weighted by Crippen LogP contribution is -2.30. The number of carbonyl (C=O) groups excluding carboxylic acids is 1. The van der Waals surface area contributed by atoms with Crippen molar-refractivity contribution < 1.29 is 18.7 Å². The normalized spacial score (nSPS) is 23.9. The number of rotatable bonds is 6. The highest BCUT2D eigenvalue weighted by molar-refractivity contribution is 5.78. The second kappa shape index (κ2) is 10.3. The van der Waals surface area contributed by atoms with Crippen molar-refractivity contribution in [1.29, 1.82) is 5.26 Å². The molecule has 0 radical (unpaired) electrons. The van der Waals surface area contributed by atoms with E-state index in [4.69, 9.17) is 16.0 Å². The molecule has 2 aliphatic rings. The number of nitrogens with one attached hydrogen (secondary N) is 2. The largest absolute Gasteiger partial charge is 0.393 e. The number of nitriles is 1. The van der Waals surface area contributed by atoms with Gasteiger partial charge in [-0.2, -0.15) is 10.2 Å². The third-order valence-electron chi connectivity index (χ3n) is 7.28. The van der Waals surface area contributed by atoms with Crippen LogP contribution in [0, 0.1) is 28.9 Å². The van der Waals surface area contributed by atoms with Crippen LogP contribution in [0.3, 0.4) is 0 Å². The third kappa shape index (κ3) is 5.17. The molecule has 0 unspecified atom stereocenters. The Morgan fingerprint density at radius 1 is 1.14 bits per heavy atom. The van der Waals surface area contributed by atoms with Crippen molar-refractivity contribution in [3.05, 3.63) is 35.5 Å². The van der Waals surface area contributed by atoms with Crippen LogP contribution < -0.4 is 16.4 Å². The summed E-state index contributed by atoms with van der Waals surface area (Å²) in [6.45, 7) is 0. The lowest BCUT2D eigenvalue weighted by Gasteiger charge is -2.29. The number of aliphatic hydroxyl groups is 1. The Morgan fingerprint density at radius 2 is 1.86 bits per heavy atom. The van der Waals surface area contributed by atoms with Crippen LogP contribution in [-0.4, -0.2) is 42.7 Å². The molecule has 2 aromatic heterocycles. The van der Waals surface area contributed by atoms with Crippen molar-refractivity contribution in [2.45, 2.75) is 69.6 Å². The van der Waals surface area contributed by atoms with Gasteiger partial charge in [-0.15, -0.1) is 0 Å². The number of benzene rings is 1. The number of imidazole rings is 1. The number of aliphatic hydroxyl groups excluding tert-OH is 1. The van der Waals surface area contributed by atoms with Gasteiger partial charge >= 0.3 is 0 Å². The van der Waals surface area contributed by atoms with E-state index in [2.05, 4.69) is 20.6 Å². The van der Waals surface area contributed by atoms with E-state index >= 15 is 0 Å². The zero-order valence-corrected chi connectivity index (χ0v) is 20.1. The topological polar surface area (TPSA) is 155 Å². The van der Waals surface area contributed by atoms with E-state index < -0.39 is 17.3 Å². The number of nitrogens with zero attached hydrogens (tertiary/aromatic N) is 5. The molecule has 0 spiro atoms. The molecule has 5 N–H and O–H groups in total. The summed E-state index contributed by atoms with van der Waals surface area (Å²) < 4.78 is 31.2. The lowest BCUT2D eigenvalue weighted by atomic mass is 9.85. The molecule has 0 saturated heterocycles. The van der Waals surface area contributed by atoms with Gasteiger partial charge in [-0.3, -0.25) is 9.36 Å². The summed E-state index contributed by atoms with van der Waals surface area (Å²) in [4.78, 5) is 25.3. The summed E-state index contributed by atoms with van der Waals surface area (Å²) in [5.74, 6) is -1.84. The van der Waals surface area contributed by atoms with E-state index in [-0.39, 0.29) is 41.5 Å². The van der Waals surface area contributed by atoms with Gasteiger partial charge in [0, 0.05) is 18.0 Å². The first kappa shape index (κ1) is 24.8. The second-order valence-corrected chi connectivity index (χ2v) is 9.83. The van der Waals surface area contributed by atoms with Crippen LogP contribution in [0.25, 0.3) is 11.2 Å². The number of halogens is 2. The van der Waals surface area contributed by atoms with Gasteiger partial charge in [-0.1, -0.05) is 0 Å². The molecule has 1 amide bonds. The first-order valence-corrected chi connectivity index (χ1v) is 12.5. The minimum Gasteiger partial charge on any atom is -0.393 e. The minimum atomic E-state index is -0.920. The quantitative estimate of drug-likeness (QED) is 0.392. The lowest BCUT2D eigenvalue weighted by molar-refractivity contribution is -0.122. The fourth-order valence-electron chi connectivity index (χ4n) is 5.36. The summed E-state index contributed by atoms with van der Waals surface area (Å²) >= 11 is 0. The highest BCUT2D eigenvalue weighted by Gasteiger charge is 2.30. The van der Waals surface area contributed by atoms with Crippen LogP contribution in [0.2, 0.25) is 0 Å². The summed E-state index contributed by atoms with van der Waals surface area (Å²) in [6, 6.07) is 3.53. The van der Waals surface area contributed by atoms with Crippen molar-refractivity contribution in [3.63, 3.8) is 0 Å². The molecule has 2 heterocycles. The summed E-state index contributed by atoms with van der Waals surface area (Å²) in [5, 5.41) is 25.1. The number of primary amides is 1. The average Bonchev–Trinajstić information content (AvgIpc) is 3.23. The molecule has 194 valence electrons.